The van der Waals surface area contributed by atoms with Gasteiger partial charge in [0.2, 0.25) is 5.91 Å². The van der Waals surface area contributed by atoms with Crippen LogP contribution in [0.25, 0.3) is 5.69 Å². The molecule has 2 aliphatic rings. The smallest absolute Gasteiger partial charge is 0.228 e. The minimum atomic E-state index is 0.139. The van der Waals surface area contributed by atoms with Crippen molar-refractivity contribution in [2.75, 3.05) is 5.32 Å². The molecule has 4 nitrogen and oxygen atoms in total. The molecule has 23 heavy (non-hydrogen) atoms. The average molecular weight is 330 g/mol. The van der Waals surface area contributed by atoms with Crippen molar-refractivity contribution in [3.05, 3.63) is 41.0 Å². The first kappa shape index (κ1) is 14.8. The number of benzene rings is 1. The number of nitrogens with one attached hydrogen (secondary N) is 1. The van der Waals surface area contributed by atoms with Gasteiger partial charge < -0.3 is 5.32 Å². The van der Waals surface area contributed by atoms with Crippen molar-refractivity contribution < 1.29 is 4.79 Å². The number of carbonyl (C=O) groups is 1. The second-order valence-electron chi connectivity index (χ2n) is 6.83. The molecule has 2 aliphatic carbocycles. The number of anilines is 1. The lowest BCUT2D eigenvalue weighted by Crippen LogP contribution is -2.28. The Hall–Kier alpha value is -1.81. The van der Waals surface area contributed by atoms with Crippen LogP contribution in [0.5, 0.6) is 0 Å². The highest BCUT2D eigenvalue weighted by Gasteiger charge is 2.43. The summed E-state index contributed by atoms with van der Waals surface area (Å²) in [6.07, 6.45) is 4.77. The maximum Gasteiger partial charge on any atom is 0.228 e. The standard InChI is InChI=1S/C18H20ClN3O/c1-11-7-17(22(21-11)15-4-2-3-14(19)10-15)20-18(23)16-9-12-5-6-13(16)8-12/h2-4,7,10,12-13,16H,5-6,8-9H2,1H3,(H,20,23). The number of halogens is 1. The third-order valence-corrected chi connectivity index (χ3v) is 5.45. The molecule has 3 atom stereocenters. The summed E-state index contributed by atoms with van der Waals surface area (Å²) in [6, 6.07) is 9.41. The van der Waals surface area contributed by atoms with Gasteiger partial charge in [0, 0.05) is 17.0 Å². The highest BCUT2D eigenvalue weighted by atomic mass is 35.5. The van der Waals surface area contributed by atoms with E-state index in [0.717, 1.165) is 29.5 Å². The zero-order valence-electron chi connectivity index (χ0n) is 13.1. The lowest BCUT2D eigenvalue weighted by molar-refractivity contribution is -0.121. The zero-order valence-corrected chi connectivity index (χ0v) is 13.9. The highest BCUT2D eigenvalue weighted by Crippen LogP contribution is 2.48. The molecule has 1 aromatic carbocycles. The minimum Gasteiger partial charge on any atom is -0.310 e. The Morgan fingerprint density at radius 3 is 2.87 bits per heavy atom. The van der Waals surface area contributed by atoms with Crippen LogP contribution in [0.1, 0.15) is 31.4 Å². The van der Waals surface area contributed by atoms with Crippen LogP contribution in [0.15, 0.2) is 30.3 Å². The number of aromatic nitrogens is 2. The molecule has 1 aromatic heterocycles. The van der Waals surface area contributed by atoms with Gasteiger partial charge in [-0.3, -0.25) is 4.79 Å². The fourth-order valence-corrected chi connectivity index (χ4v) is 4.36. The minimum absolute atomic E-state index is 0.139. The predicted molar refractivity (Wildman–Crippen MR) is 90.9 cm³/mol. The van der Waals surface area contributed by atoms with Gasteiger partial charge >= 0.3 is 0 Å². The van der Waals surface area contributed by atoms with Crippen LogP contribution in [0.2, 0.25) is 5.02 Å². The summed E-state index contributed by atoms with van der Waals surface area (Å²) in [5, 5.41) is 8.24. The largest absolute Gasteiger partial charge is 0.310 e. The molecule has 3 unspecified atom stereocenters. The first-order chi connectivity index (χ1) is 11.1. The summed E-state index contributed by atoms with van der Waals surface area (Å²) in [7, 11) is 0. The van der Waals surface area contributed by atoms with E-state index in [1.54, 1.807) is 4.68 Å². The molecular weight excluding hydrogens is 310 g/mol. The van der Waals surface area contributed by atoms with Gasteiger partial charge in [-0.2, -0.15) is 5.10 Å². The Morgan fingerprint density at radius 2 is 2.17 bits per heavy atom. The van der Waals surface area contributed by atoms with E-state index >= 15 is 0 Å². The zero-order chi connectivity index (χ0) is 16.0. The Balaban J connectivity index is 1.58. The number of aryl methyl sites for hydroxylation is 1. The van der Waals surface area contributed by atoms with Crippen LogP contribution in [0.4, 0.5) is 5.82 Å². The Morgan fingerprint density at radius 1 is 1.30 bits per heavy atom. The van der Waals surface area contributed by atoms with Crippen molar-refractivity contribution in [2.45, 2.75) is 32.6 Å². The van der Waals surface area contributed by atoms with Crippen LogP contribution in [0.3, 0.4) is 0 Å². The molecule has 120 valence electrons. The number of amides is 1. The maximum atomic E-state index is 12.7. The molecule has 1 heterocycles. The lowest BCUT2D eigenvalue weighted by atomic mass is 9.88. The van der Waals surface area contributed by atoms with Crippen molar-refractivity contribution in [2.24, 2.45) is 17.8 Å². The van der Waals surface area contributed by atoms with Crippen LogP contribution in [-0.4, -0.2) is 15.7 Å². The second kappa shape index (κ2) is 5.68. The SMILES string of the molecule is Cc1cc(NC(=O)C2CC3CCC2C3)n(-c2cccc(Cl)c2)n1. The summed E-state index contributed by atoms with van der Waals surface area (Å²) in [5.74, 6) is 2.36. The molecule has 2 bridgehead atoms. The molecule has 1 N–H and O–H groups in total. The fourth-order valence-electron chi connectivity index (χ4n) is 4.18. The van der Waals surface area contributed by atoms with Crippen molar-refractivity contribution in [3.8, 4) is 5.69 Å². The molecule has 1 amide bonds. The molecule has 0 spiro atoms. The van der Waals surface area contributed by atoms with E-state index in [-0.39, 0.29) is 11.8 Å². The summed E-state index contributed by atoms with van der Waals surface area (Å²) >= 11 is 6.08. The molecule has 2 saturated carbocycles. The van der Waals surface area contributed by atoms with E-state index in [1.807, 2.05) is 37.3 Å². The van der Waals surface area contributed by atoms with Crippen LogP contribution in [-0.2, 0) is 4.79 Å². The van der Waals surface area contributed by atoms with Gasteiger partial charge in [-0.1, -0.05) is 24.1 Å². The van der Waals surface area contributed by atoms with Gasteiger partial charge in [-0.05, 0) is 56.2 Å². The number of hydrogen-bond acceptors (Lipinski definition) is 2. The van der Waals surface area contributed by atoms with Crippen molar-refractivity contribution in [3.63, 3.8) is 0 Å². The number of carbonyl (C=O) groups excluding carboxylic acids is 1. The Labute approximate surface area is 140 Å². The number of hydrogen-bond donors (Lipinski definition) is 1. The number of fused-ring (bicyclic) bond motifs is 2. The van der Waals surface area contributed by atoms with Gasteiger partial charge in [0.1, 0.15) is 5.82 Å². The van der Waals surface area contributed by atoms with Crippen molar-refractivity contribution in [1.29, 1.82) is 0 Å². The average Bonchev–Trinajstić information content (AvgIpc) is 3.22. The maximum absolute atomic E-state index is 12.7. The van der Waals surface area contributed by atoms with E-state index in [9.17, 15) is 4.79 Å². The summed E-state index contributed by atoms with van der Waals surface area (Å²) < 4.78 is 1.76. The fraction of sp³-hybridized carbons (Fsp3) is 0.444. The van der Waals surface area contributed by atoms with Crippen LogP contribution < -0.4 is 5.32 Å². The molecule has 2 fully saturated rings. The van der Waals surface area contributed by atoms with E-state index in [4.69, 9.17) is 11.6 Å². The van der Waals surface area contributed by atoms with Gasteiger partial charge in [0.15, 0.2) is 0 Å². The Bertz CT molecular complexity index is 754. The molecular formula is C18H20ClN3O. The number of nitrogens with zero attached hydrogens (tertiary/aromatic N) is 2. The van der Waals surface area contributed by atoms with E-state index in [2.05, 4.69) is 10.4 Å². The third-order valence-electron chi connectivity index (χ3n) is 5.21. The van der Waals surface area contributed by atoms with Crippen molar-refractivity contribution >= 4 is 23.3 Å². The molecule has 5 heteroatoms. The quantitative estimate of drug-likeness (QED) is 0.917. The topological polar surface area (TPSA) is 46.9 Å². The summed E-state index contributed by atoms with van der Waals surface area (Å²) in [6.45, 7) is 1.92. The highest BCUT2D eigenvalue weighted by molar-refractivity contribution is 6.30. The molecule has 2 aromatic rings. The predicted octanol–water partition coefficient (Wildman–Crippen LogP) is 4.21. The van der Waals surface area contributed by atoms with Gasteiger partial charge in [0.05, 0.1) is 11.4 Å². The molecule has 4 rings (SSSR count). The van der Waals surface area contributed by atoms with Gasteiger partial charge in [-0.25, -0.2) is 4.68 Å². The normalized spacial score (nSPS) is 25.7. The van der Waals surface area contributed by atoms with E-state index in [0.29, 0.717) is 10.9 Å². The molecule has 0 aliphatic heterocycles. The van der Waals surface area contributed by atoms with E-state index < -0.39 is 0 Å². The summed E-state index contributed by atoms with van der Waals surface area (Å²) in [4.78, 5) is 12.7. The Kier molecular flexibility index (Phi) is 3.64. The first-order valence-corrected chi connectivity index (χ1v) is 8.61. The monoisotopic (exact) mass is 329 g/mol. The lowest BCUT2D eigenvalue weighted by Gasteiger charge is -2.21. The molecule has 0 saturated heterocycles. The first-order valence-electron chi connectivity index (χ1n) is 8.23. The number of rotatable bonds is 3. The van der Waals surface area contributed by atoms with E-state index in [1.165, 1.54) is 19.3 Å². The molecule has 0 radical (unpaired) electrons. The van der Waals surface area contributed by atoms with Gasteiger partial charge in [0.25, 0.3) is 0 Å². The second-order valence-corrected chi connectivity index (χ2v) is 7.27. The van der Waals surface area contributed by atoms with Crippen LogP contribution in [0, 0.1) is 24.7 Å². The van der Waals surface area contributed by atoms with Gasteiger partial charge in [-0.15, -0.1) is 0 Å². The third kappa shape index (κ3) is 2.76. The van der Waals surface area contributed by atoms with Crippen LogP contribution >= 0.6 is 11.6 Å². The van der Waals surface area contributed by atoms with Crippen molar-refractivity contribution in [1.82, 2.24) is 9.78 Å². The summed E-state index contributed by atoms with van der Waals surface area (Å²) in [5.41, 5.74) is 1.72.